The van der Waals surface area contributed by atoms with Gasteiger partial charge in [0, 0.05) is 23.4 Å². The molecule has 1 atom stereocenters. The first-order chi connectivity index (χ1) is 11.9. The van der Waals surface area contributed by atoms with Crippen molar-refractivity contribution in [2.75, 3.05) is 13.2 Å². The molecule has 25 heavy (non-hydrogen) atoms. The van der Waals surface area contributed by atoms with Gasteiger partial charge in [0.1, 0.15) is 5.75 Å². The topological polar surface area (TPSA) is 120 Å². The first-order valence-corrected chi connectivity index (χ1v) is 7.75. The smallest absolute Gasteiger partial charge is 0.338 e. The molecule has 9 nitrogen and oxygen atoms in total. The van der Waals surface area contributed by atoms with E-state index in [-0.39, 0.29) is 17.9 Å². The van der Waals surface area contributed by atoms with Crippen molar-refractivity contribution in [1.29, 1.82) is 0 Å². The Bertz CT molecular complexity index is 743. The third-order valence-corrected chi connectivity index (χ3v) is 3.58. The van der Waals surface area contributed by atoms with Crippen LogP contribution in [0.2, 0.25) is 0 Å². The number of amides is 2. The van der Waals surface area contributed by atoms with Gasteiger partial charge in [0.05, 0.1) is 29.8 Å². The quantitative estimate of drug-likeness (QED) is 0.461. The van der Waals surface area contributed by atoms with Gasteiger partial charge in [-0.25, -0.2) is 9.59 Å². The van der Waals surface area contributed by atoms with E-state index in [0.29, 0.717) is 23.6 Å². The summed E-state index contributed by atoms with van der Waals surface area (Å²) in [5.41, 5.74) is 0.629. The molecule has 0 spiro atoms. The number of carbonyl (C=O) groups excluding carboxylic acids is 2. The van der Waals surface area contributed by atoms with Gasteiger partial charge in [-0.3, -0.25) is 10.1 Å². The lowest BCUT2D eigenvalue weighted by atomic mass is 9.94. The molecule has 9 heteroatoms. The van der Waals surface area contributed by atoms with Gasteiger partial charge in [-0.2, -0.15) is 0 Å². The molecule has 1 aliphatic rings. The van der Waals surface area contributed by atoms with E-state index in [9.17, 15) is 19.7 Å². The second-order valence-electron chi connectivity index (χ2n) is 5.20. The van der Waals surface area contributed by atoms with Crippen LogP contribution in [0.5, 0.6) is 5.75 Å². The van der Waals surface area contributed by atoms with E-state index in [1.165, 1.54) is 18.2 Å². The van der Waals surface area contributed by atoms with Crippen molar-refractivity contribution < 1.29 is 24.0 Å². The molecule has 2 amide bonds. The lowest BCUT2D eigenvalue weighted by Crippen LogP contribution is -2.45. The Morgan fingerprint density at radius 2 is 2.04 bits per heavy atom. The number of benzene rings is 1. The minimum absolute atomic E-state index is 0.156. The summed E-state index contributed by atoms with van der Waals surface area (Å²) < 4.78 is 10.6. The molecular weight excluding hydrogens is 330 g/mol. The summed E-state index contributed by atoms with van der Waals surface area (Å²) in [5, 5.41) is 16.2. The molecule has 0 fully saturated rings. The fraction of sp³-hybridized carbons (Fsp3) is 0.375. The highest BCUT2D eigenvalue weighted by molar-refractivity contribution is 5.95. The number of esters is 1. The number of nitrogens with zero attached hydrogens (tertiary/aromatic N) is 1. The Morgan fingerprint density at radius 1 is 1.32 bits per heavy atom. The van der Waals surface area contributed by atoms with E-state index in [2.05, 4.69) is 10.6 Å². The second kappa shape index (κ2) is 7.65. The van der Waals surface area contributed by atoms with Gasteiger partial charge in [0.2, 0.25) is 0 Å². The highest BCUT2D eigenvalue weighted by Gasteiger charge is 2.34. The van der Waals surface area contributed by atoms with E-state index < -0.39 is 23.0 Å². The van der Waals surface area contributed by atoms with Crippen LogP contribution in [-0.2, 0) is 9.53 Å². The Morgan fingerprint density at radius 3 is 2.64 bits per heavy atom. The average Bonchev–Trinajstić information content (AvgIpc) is 2.54. The molecule has 2 rings (SSSR count). The summed E-state index contributed by atoms with van der Waals surface area (Å²) in [6.07, 6.45) is 0. The predicted octanol–water partition coefficient (Wildman–Crippen LogP) is 2.18. The van der Waals surface area contributed by atoms with Crippen molar-refractivity contribution in [3.05, 3.63) is 45.1 Å². The summed E-state index contributed by atoms with van der Waals surface area (Å²) >= 11 is 0. The number of nitro benzene ring substituents is 1. The van der Waals surface area contributed by atoms with E-state index >= 15 is 0 Å². The Labute approximate surface area is 144 Å². The van der Waals surface area contributed by atoms with Gasteiger partial charge in [-0.1, -0.05) is 0 Å². The summed E-state index contributed by atoms with van der Waals surface area (Å²) in [7, 11) is 0. The molecule has 1 aromatic carbocycles. The molecule has 0 aliphatic carbocycles. The number of carbonyl (C=O) groups is 2. The van der Waals surface area contributed by atoms with Gasteiger partial charge >= 0.3 is 12.0 Å². The number of urea groups is 1. The van der Waals surface area contributed by atoms with Crippen LogP contribution in [0, 0.1) is 10.1 Å². The van der Waals surface area contributed by atoms with E-state index in [4.69, 9.17) is 9.47 Å². The highest BCUT2D eigenvalue weighted by Crippen LogP contribution is 2.36. The maximum atomic E-state index is 12.3. The number of hydrogen-bond donors (Lipinski definition) is 2. The lowest BCUT2D eigenvalue weighted by Gasteiger charge is -2.29. The van der Waals surface area contributed by atoms with Crippen molar-refractivity contribution in [2.24, 2.45) is 0 Å². The molecule has 2 N–H and O–H groups in total. The monoisotopic (exact) mass is 349 g/mol. The molecule has 1 aromatic rings. The number of ether oxygens (including phenoxy) is 2. The molecule has 134 valence electrons. The van der Waals surface area contributed by atoms with Gasteiger partial charge in [-0.15, -0.1) is 0 Å². The van der Waals surface area contributed by atoms with Crippen LogP contribution in [0.25, 0.3) is 0 Å². The van der Waals surface area contributed by atoms with Crippen LogP contribution in [0.1, 0.15) is 32.4 Å². The minimum atomic E-state index is -0.922. The number of hydrogen-bond acceptors (Lipinski definition) is 6. The largest absolute Gasteiger partial charge is 0.493 e. The maximum absolute atomic E-state index is 12.3. The first kappa shape index (κ1) is 18.2. The van der Waals surface area contributed by atoms with Crippen molar-refractivity contribution in [2.45, 2.75) is 26.8 Å². The fourth-order valence-corrected chi connectivity index (χ4v) is 2.57. The minimum Gasteiger partial charge on any atom is -0.493 e. The zero-order chi connectivity index (χ0) is 18.6. The summed E-state index contributed by atoms with van der Waals surface area (Å²) in [6, 6.07) is 2.59. The molecule has 1 heterocycles. The van der Waals surface area contributed by atoms with Gasteiger partial charge in [-0.05, 0) is 26.8 Å². The summed E-state index contributed by atoms with van der Waals surface area (Å²) in [5.74, 6) is -0.277. The number of nitro groups is 1. The van der Waals surface area contributed by atoms with Gasteiger partial charge in [0.25, 0.3) is 5.69 Å². The average molecular weight is 349 g/mol. The van der Waals surface area contributed by atoms with Crippen LogP contribution >= 0.6 is 0 Å². The molecule has 0 aromatic heterocycles. The predicted molar refractivity (Wildman–Crippen MR) is 88.0 cm³/mol. The first-order valence-electron chi connectivity index (χ1n) is 7.75. The Balaban J connectivity index is 2.60. The normalized spacial score (nSPS) is 16.8. The Hall–Kier alpha value is -3.10. The zero-order valence-corrected chi connectivity index (χ0v) is 14.1. The number of allylic oxidation sites excluding steroid dienone is 1. The third-order valence-electron chi connectivity index (χ3n) is 3.58. The van der Waals surface area contributed by atoms with Crippen LogP contribution in [0.4, 0.5) is 10.5 Å². The number of rotatable bonds is 6. The second-order valence-corrected chi connectivity index (χ2v) is 5.20. The van der Waals surface area contributed by atoms with Crippen molar-refractivity contribution >= 4 is 17.7 Å². The molecule has 0 saturated heterocycles. The zero-order valence-electron chi connectivity index (χ0n) is 14.1. The standard InChI is InChI=1S/C16H19N3O6/c1-4-24-12-7-6-10(19(22)23)8-11(12)14-13(15(20)25-5-2)9(3)17-16(21)18-14/h6-8,14H,4-5H2,1-3H3,(H2,17,18,21)/t14-/m1/s1. The third kappa shape index (κ3) is 3.87. The van der Waals surface area contributed by atoms with Crippen LogP contribution in [0.3, 0.4) is 0 Å². The van der Waals surface area contributed by atoms with E-state index in [0.717, 1.165) is 0 Å². The Kier molecular flexibility index (Phi) is 5.58. The molecule has 0 unspecified atom stereocenters. The molecule has 0 saturated carbocycles. The fourth-order valence-electron chi connectivity index (χ4n) is 2.57. The molecule has 0 radical (unpaired) electrons. The number of non-ortho nitro benzene ring substituents is 1. The summed E-state index contributed by atoms with van der Waals surface area (Å²) in [6.45, 7) is 5.47. The molecule has 0 bridgehead atoms. The lowest BCUT2D eigenvalue weighted by molar-refractivity contribution is -0.385. The van der Waals surface area contributed by atoms with Crippen LogP contribution in [0.15, 0.2) is 29.5 Å². The SMILES string of the molecule is CCOC(=O)C1=C(C)NC(=O)N[C@@H]1c1cc([N+](=O)[O-])ccc1OCC. The van der Waals surface area contributed by atoms with Crippen molar-refractivity contribution in [3.8, 4) is 5.75 Å². The van der Waals surface area contributed by atoms with Crippen molar-refractivity contribution in [3.63, 3.8) is 0 Å². The van der Waals surface area contributed by atoms with E-state index in [1.807, 2.05) is 0 Å². The van der Waals surface area contributed by atoms with Gasteiger partial charge < -0.3 is 20.1 Å². The summed E-state index contributed by atoms with van der Waals surface area (Å²) in [4.78, 5) is 34.8. The van der Waals surface area contributed by atoms with Crippen LogP contribution in [-0.4, -0.2) is 30.1 Å². The number of nitrogens with one attached hydrogen (secondary N) is 2. The maximum Gasteiger partial charge on any atom is 0.338 e. The molecule has 1 aliphatic heterocycles. The molecular formula is C16H19N3O6. The van der Waals surface area contributed by atoms with E-state index in [1.54, 1.807) is 20.8 Å². The van der Waals surface area contributed by atoms with Crippen LogP contribution < -0.4 is 15.4 Å². The van der Waals surface area contributed by atoms with Gasteiger partial charge in [0.15, 0.2) is 0 Å². The van der Waals surface area contributed by atoms with Crippen molar-refractivity contribution in [1.82, 2.24) is 10.6 Å². The highest BCUT2D eigenvalue weighted by atomic mass is 16.6.